The van der Waals surface area contributed by atoms with Crippen LogP contribution in [0.3, 0.4) is 0 Å². The molecule has 0 fully saturated rings. The Morgan fingerprint density at radius 3 is 2.57 bits per heavy atom. The van der Waals surface area contributed by atoms with Crippen molar-refractivity contribution in [1.29, 1.82) is 0 Å². The molecule has 0 aliphatic carbocycles. The molecule has 3 rings (SSSR count). The molecule has 0 unspecified atom stereocenters. The van der Waals surface area contributed by atoms with Gasteiger partial charge >= 0.3 is 11.8 Å². The first kappa shape index (κ1) is 19.9. The number of fused-ring (bicyclic) bond motifs is 1. The average molecular weight is 397 g/mol. The van der Waals surface area contributed by atoms with Gasteiger partial charge in [-0.3, -0.25) is 9.59 Å². The Balaban J connectivity index is 1.54. The Morgan fingerprint density at radius 1 is 1.04 bits per heavy atom. The van der Waals surface area contributed by atoms with Crippen LogP contribution in [-0.4, -0.2) is 23.5 Å². The van der Waals surface area contributed by atoms with Crippen molar-refractivity contribution in [2.75, 3.05) is 11.9 Å². The number of rotatable bonds is 5. The minimum atomic E-state index is -0.778. The Hall–Kier alpha value is -2.89. The third-order valence-corrected chi connectivity index (χ3v) is 4.93. The van der Waals surface area contributed by atoms with E-state index in [1.165, 1.54) is 0 Å². The fourth-order valence-electron chi connectivity index (χ4n) is 2.96. The maximum absolute atomic E-state index is 12.0. The summed E-state index contributed by atoms with van der Waals surface area (Å²) in [7, 11) is 0. The van der Waals surface area contributed by atoms with Gasteiger partial charge < -0.3 is 15.7 Å². The molecular weight excluding hydrogens is 376 g/mol. The highest BCUT2D eigenvalue weighted by molar-refractivity contribution is 6.39. The molecule has 28 heavy (non-hydrogen) atoms. The van der Waals surface area contributed by atoms with E-state index in [0.29, 0.717) is 17.1 Å². The van der Waals surface area contributed by atoms with E-state index < -0.39 is 17.9 Å². The smallest absolute Gasteiger partial charge is 0.313 e. The zero-order chi connectivity index (χ0) is 20.1. The van der Waals surface area contributed by atoms with Gasteiger partial charge in [-0.2, -0.15) is 0 Å². The van der Waals surface area contributed by atoms with Gasteiger partial charge in [0.15, 0.2) is 0 Å². The Labute approximate surface area is 168 Å². The number of hydrogen-bond acceptors (Lipinski definition) is 3. The highest BCUT2D eigenvalue weighted by Gasteiger charge is 2.16. The number of benzene rings is 3. The van der Waals surface area contributed by atoms with Gasteiger partial charge in [-0.05, 0) is 47.4 Å². The SMILES string of the molecule is Cc1ccc(NC(=O)C(=O)NCC[C@H](O)c2cccc3ccccc23)cc1Cl. The van der Waals surface area contributed by atoms with Crippen LogP contribution in [-0.2, 0) is 9.59 Å². The van der Waals surface area contributed by atoms with Crippen molar-refractivity contribution in [3.63, 3.8) is 0 Å². The molecule has 3 N–H and O–H groups in total. The number of anilines is 1. The summed E-state index contributed by atoms with van der Waals surface area (Å²) in [5, 5.41) is 18.1. The summed E-state index contributed by atoms with van der Waals surface area (Å²) >= 11 is 6.02. The van der Waals surface area contributed by atoms with Gasteiger partial charge in [0.2, 0.25) is 0 Å². The first-order valence-corrected chi connectivity index (χ1v) is 9.34. The molecule has 0 aromatic heterocycles. The molecule has 0 aliphatic heterocycles. The van der Waals surface area contributed by atoms with Crippen molar-refractivity contribution < 1.29 is 14.7 Å². The Bertz CT molecular complexity index is 1010. The zero-order valence-electron chi connectivity index (χ0n) is 15.4. The van der Waals surface area contributed by atoms with Crippen LogP contribution in [0.1, 0.15) is 23.7 Å². The van der Waals surface area contributed by atoms with E-state index >= 15 is 0 Å². The van der Waals surface area contributed by atoms with Gasteiger partial charge in [0, 0.05) is 17.3 Å². The molecular formula is C22H21ClN2O3. The predicted octanol–water partition coefficient (Wildman–Crippen LogP) is 3.98. The zero-order valence-corrected chi connectivity index (χ0v) is 16.2. The highest BCUT2D eigenvalue weighted by Crippen LogP contribution is 2.25. The molecule has 1 atom stereocenters. The number of aliphatic hydroxyl groups excluding tert-OH is 1. The molecule has 0 radical (unpaired) electrons. The van der Waals surface area contributed by atoms with Crippen LogP contribution in [0, 0.1) is 6.92 Å². The van der Waals surface area contributed by atoms with Crippen LogP contribution in [0.25, 0.3) is 10.8 Å². The average Bonchev–Trinajstić information content (AvgIpc) is 2.70. The lowest BCUT2D eigenvalue weighted by atomic mass is 9.99. The minimum Gasteiger partial charge on any atom is -0.388 e. The first-order chi connectivity index (χ1) is 13.5. The largest absolute Gasteiger partial charge is 0.388 e. The van der Waals surface area contributed by atoms with Gasteiger partial charge in [0.25, 0.3) is 0 Å². The van der Waals surface area contributed by atoms with Crippen molar-refractivity contribution >= 4 is 39.9 Å². The summed E-state index contributed by atoms with van der Waals surface area (Å²) in [6, 6.07) is 18.6. The van der Waals surface area contributed by atoms with Crippen molar-refractivity contribution in [2.45, 2.75) is 19.4 Å². The predicted molar refractivity (Wildman–Crippen MR) is 111 cm³/mol. The van der Waals surface area contributed by atoms with E-state index in [0.717, 1.165) is 21.9 Å². The lowest BCUT2D eigenvalue weighted by Gasteiger charge is -2.14. The number of carbonyl (C=O) groups is 2. The first-order valence-electron chi connectivity index (χ1n) is 8.97. The summed E-state index contributed by atoms with van der Waals surface area (Å²) in [4.78, 5) is 24.0. The van der Waals surface area contributed by atoms with Crippen LogP contribution in [0.5, 0.6) is 0 Å². The second kappa shape index (κ2) is 8.87. The van der Waals surface area contributed by atoms with Crippen molar-refractivity contribution in [2.24, 2.45) is 0 Å². The van der Waals surface area contributed by atoms with E-state index in [9.17, 15) is 14.7 Å². The number of halogens is 1. The Morgan fingerprint density at radius 2 is 1.79 bits per heavy atom. The molecule has 3 aromatic carbocycles. The molecule has 2 amide bonds. The second-order valence-electron chi connectivity index (χ2n) is 6.55. The lowest BCUT2D eigenvalue weighted by molar-refractivity contribution is -0.136. The quantitative estimate of drug-likeness (QED) is 0.571. The second-order valence-corrected chi connectivity index (χ2v) is 6.95. The number of nitrogens with one attached hydrogen (secondary N) is 2. The van der Waals surface area contributed by atoms with Gasteiger partial charge in [-0.1, -0.05) is 60.1 Å². The van der Waals surface area contributed by atoms with E-state index in [2.05, 4.69) is 10.6 Å². The molecule has 0 bridgehead atoms. The van der Waals surface area contributed by atoms with Gasteiger partial charge in [0.1, 0.15) is 0 Å². The Kier molecular flexibility index (Phi) is 6.29. The van der Waals surface area contributed by atoms with Crippen molar-refractivity contribution in [1.82, 2.24) is 5.32 Å². The monoisotopic (exact) mass is 396 g/mol. The van der Waals surface area contributed by atoms with E-state index in [-0.39, 0.29) is 6.54 Å². The summed E-state index contributed by atoms with van der Waals surface area (Å²) in [6.07, 6.45) is -0.450. The molecule has 3 aromatic rings. The number of aryl methyl sites for hydroxylation is 1. The van der Waals surface area contributed by atoms with Crippen LogP contribution < -0.4 is 10.6 Å². The van der Waals surface area contributed by atoms with Crippen LogP contribution in [0.4, 0.5) is 5.69 Å². The number of amides is 2. The maximum atomic E-state index is 12.0. The van der Waals surface area contributed by atoms with E-state index in [1.807, 2.05) is 49.4 Å². The third-order valence-electron chi connectivity index (χ3n) is 4.52. The summed E-state index contributed by atoms with van der Waals surface area (Å²) in [5.41, 5.74) is 2.13. The molecule has 6 heteroatoms. The van der Waals surface area contributed by atoms with Gasteiger partial charge in [-0.15, -0.1) is 0 Å². The topological polar surface area (TPSA) is 78.4 Å². The number of carbonyl (C=O) groups excluding carboxylic acids is 2. The normalized spacial score (nSPS) is 11.8. The fraction of sp³-hybridized carbons (Fsp3) is 0.182. The molecule has 0 saturated carbocycles. The maximum Gasteiger partial charge on any atom is 0.313 e. The van der Waals surface area contributed by atoms with E-state index in [4.69, 9.17) is 11.6 Å². The molecule has 0 saturated heterocycles. The minimum absolute atomic E-state index is 0.172. The summed E-state index contributed by atoms with van der Waals surface area (Å²) in [5.74, 6) is -1.54. The third kappa shape index (κ3) is 4.68. The number of hydrogen-bond donors (Lipinski definition) is 3. The van der Waals surface area contributed by atoms with Crippen molar-refractivity contribution in [3.05, 3.63) is 76.8 Å². The van der Waals surface area contributed by atoms with Gasteiger partial charge in [0.05, 0.1) is 6.10 Å². The highest BCUT2D eigenvalue weighted by atomic mass is 35.5. The van der Waals surface area contributed by atoms with Crippen LogP contribution >= 0.6 is 11.6 Å². The van der Waals surface area contributed by atoms with Crippen molar-refractivity contribution in [3.8, 4) is 0 Å². The summed E-state index contributed by atoms with van der Waals surface area (Å²) in [6.45, 7) is 2.02. The molecule has 5 nitrogen and oxygen atoms in total. The van der Waals surface area contributed by atoms with Gasteiger partial charge in [-0.25, -0.2) is 0 Å². The number of aliphatic hydroxyl groups is 1. The molecule has 0 aliphatic rings. The fourth-order valence-corrected chi connectivity index (χ4v) is 3.14. The molecule has 0 spiro atoms. The standard InChI is InChI=1S/C22H21ClN2O3/c1-14-9-10-16(13-19(14)23)25-22(28)21(27)24-12-11-20(26)18-8-4-6-15-5-2-3-7-17(15)18/h2-10,13,20,26H,11-12H2,1H3,(H,24,27)(H,25,28)/t20-/m0/s1. The molecule has 0 heterocycles. The van der Waals surface area contributed by atoms with Crippen LogP contribution in [0.15, 0.2) is 60.7 Å². The summed E-state index contributed by atoms with van der Waals surface area (Å²) < 4.78 is 0. The molecule has 144 valence electrons. The van der Waals surface area contributed by atoms with Crippen LogP contribution in [0.2, 0.25) is 5.02 Å². The van der Waals surface area contributed by atoms with E-state index in [1.54, 1.807) is 18.2 Å². The lowest BCUT2D eigenvalue weighted by Crippen LogP contribution is -2.36.